The number of hydrogen-bond acceptors (Lipinski definition) is 1. The molecule has 2 aliphatic rings. The van der Waals surface area contributed by atoms with Crippen LogP contribution in [-0.4, -0.2) is 17.4 Å². The van der Waals surface area contributed by atoms with Gasteiger partial charge in [-0.25, -0.2) is 0 Å². The van der Waals surface area contributed by atoms with Crippen molar-refractivity contribution >= 4 is 16.8 Å². The number of benzene rings is 1. The number of aryl methyl sites for hydroxylation is 1. The fourth-order valence-electron chi connectivity index (χ4n) is 4.22. The van der Waals surface area contributed by atoms with Crippen LogP contribution in [0, 0.1) is 5.92 Å². The molecular weight excluding hydrogens is 296 g/mol. The smallest absolute Gasteiger partial charge is 0.223 e. The normalized spacial score (nSPS) is 20.5. The Morgan fingerprint density at radius 3 is 3.00 bits per heavy atom. The SMILES string of the molecule is O=C(NCCC1=CCCCC1)C1CCc2[nH]c3ccccc3c2C1. The number of fused-ring (bicyclic) bond motifs is 3. The first-order valence-corrected chi connectivity index (χ1v) is 9.35. The summed E-state index contributed by atoms with van der Waals surface area (Å²) >= 11 is 0. The van der Waals surface area contributed by atoms with Crippen molar-refractivity contribution in [2.24, 2.45) is 5.92 Å². The second-order valence-corrected chi connectivity index (χ2v) is 7.22. The van der Waals surface area contributed by atoms with E-state index in [4.69, 9.17) is 0 Å². The molecule has 0 spiro atoms. The highest BCUT2D eigenvalue weighted by Crippen LogP contribution is 2.31. The molecule has 3 nitrogen and oxygen atoms in total. The fraction of sp³-hybridized carbons (Fsp3) is 0.476. The molecule has 2 aromatic rings. The average Bonchev–Trinajstić information content (AvgIpc) is 3.00. The van der Waals surface area contributed by atoms with Crippen molar-refractivity contribution in [1.29, 1.82) is 0 Å². The molecule has 0 bridgehead atoms. The number of H-pyrrole nitrogens is 1. The maximum absolute atomic E-state index is 12.6. The summed E-state index contributed by atoms with van der Waals surface area (Å²) in [4.78, 5) is 16.1. The van der Waals surface area contributed by atoms with E-state index in [2.05, 4.69) is 40.6 Å². The van der Waals surface area contributed by atoms with Crippen molar-refractivity contribution in [3.05, 3.63) is 47.2 Å². The number of carbonyl (C=O) groups excluding carboxylic acids is 1. The van der Waals surface area contributed by atoms with E-state index in [1.165, 1.54) is 53.4 Å². The van der Waals surface area contributed by atoms with Crippen LogP contribution in [-0.2, 0) is 17.6 Å². The van der Waals surface area contributed by atoms with Crippen LogP contribution in [0.15, 0.2) is 35.9 Å². The highest BCUT2D eigenvalue weighted by Gasteiger charge is 2.27. The Balaban J connectivity index is 1.37. The highest BCUT2D eigenvalue weighted by molar-refractivity contribution is 5.87. The van der Waals surface area contributed by atoms with E-state index in [0.717, 1.165) is 32.2 Å². The Labute approximate surface area is 143 Å². The molecule has 1 aromatic heterocycles. The standard InChI is InChI=1S/C21H26N2O/c24-21(22-13-12-15-6-2-1-3-7-15)16-10-11-20-18(14-16)17-8-4-5-9-19(17)23-20/h4-6,8-9,16,23H,1-3,7,10-14H2,(H,22,24). The molecular formula is C21H26N2O. The second-order valence-electron chi connectivity index (χ2n) is 7.22. The first-order valence-electron chi connectivity index (χ1n) is 9.35. The third kappa shape index (κ3) is 3.12. The molecule has 0 aliphatic heterocycles. The van der Waals surface area contributed by atoms with Gasteiger partial charge in [0.1, 0.15) is 0 Å². The van der Waals surface area contributed by atoms with Gasteiger partial charge in [-0.05, 0) is 63.0 Å². The summed E-state index contributed by atoms with van der Waals surface area (Å²) < 4.78 is 0. The molecule has 0 saturated heterocycles. The molecule has 1 heterocycles. The van der Waals surface area contributed by atoms with Crippen molar-refractivity contribution in [2.45, 2.75) is 51.4 Å². The zero-order chi connectivity index (χ0) is 16.4. The van der Waals surface area contributed by atoms with Crippen LogP contribution >= 0.6 is 0 Å². The lowest BCUT2D eigenvalue weighted by Gasteiger charge is -2.22. The Kier molecular flexibility index (Phi) is 4.42. The van der Waals surface area contributed by atoms with Gasteiger partial charge in [-0.15, -0.1) is 0 Å². The number of allylic oxidation sites excluding steroid dienone is 1. The van der Waals surface area contributed by atoms with Crippen LogP contribution in [0.5, 0.6) is 0 Å². The number of hydrogen-bond donors (Lipinski definition) is 2. The zero-order valence-corrected chi connectivity index (χ0v) is 14.2. The number of aromatic amines is 1. The Morgan fingerprint density at radius 2 is 2.12 bits per heavy atom. The number of carbonyl (C=O) groups is 1. The number of aromatic nitrogens is 1. The Hall–Kier alpha value is -2.03. The summed E-state index contributed by atoms with van der Waals surface area (Å²) in [6.07, 6.45) is 11.3. The summed E-state index contributed by atoms with van der Waals surface area (Å²) in [7, 11) is 0. The van der Waals surface area contributed by atoms with Crippen LogP contribution in [0.4, 0.5) is 0 Å². The van der Waals surface area contributed by atoms with Gasteiger partial charge in [-0.3, -0.25) is 4.79 Å². The van der Waals surface area contributed by atoms with E-state index in [1.54, 1.807) is 0 Å². The van der Waals surface area contributed by atoms with Crippen LogP contribution in [0.25, 0.3) is 10.9 Å². The van der Waals surface area contributed by atoms with E-state index in [1.807, 2.05) is 0 Å². The highest BCUT2D eigenvalue weighted by atomic mass is 16.1. The summed E-state index contributed by atoms with van der Waals surface area (Å²) in [6.45, 7) is 0.794. The van der Waals surface area contributed by atoms with Crippen LogP contribution in [0.2, 0.25) is 0 Å². The van der Waals surface area contributed by atoms with Crippen LogP contribution < -0.4 is 5.32 Å². The molecule has 4 rings (SSSR count). The first-order chi connectivity index (χ1) is 11.8. The van der Waals surface area contributed by atoms with Crippen molar-refractivity contribution in [2.75, 3.05) is 6.54 Å². The van der Waals surface area contributed by atoms with E-state index in [-0.39, 0.29) is 11.8 Å². The van der Waals surface area contributed by atoms with Gasteiger partial charge < -0.3 is 10.3 Å². The van der Waals surface area contributed by atoms with Gasteiger partial charge in [0.2, 0.25) is 5.91 Å². The number of rotatable bonds is 4. The Bertz CT molecular complexity index is 771. The number of nitrogens with one attached hydrogen (secondary N) is 2. The minimum atomic E-state index is 0.122. The molecule has 0 saturated carbocycles. The van der Waals surface area contributed by atoms with Gasteiger partial charge in [-0.1, -0.05) is 29.8 Å². The predicted molar refractivity (Wildman–Crippen MR) is 98.0 cm³/mol. The molecule has 2 aliphatic carbocycles. The van der Waals surface area contributed by atoms with E-state index >= 15 is 0 Å². The monoisotopic (exact) mass is 322 g/mol. The fourth-order valence-corrected chi connectivity index (χ4v) is 4.22. The molecule has 126 valence electrons. The summed E-state index contributed by atoms with van der Waals surface area (Å²) in [5.74, 6) is 0.361. The topological polar surface area (TPSA) is 44.9 Å². The largest absolute Gasteiger partial charge is 0.358 e. The van der Waals surface area contributed by atoms with Crippen molar-refractivity contribution in [3.63, 3.8) is 0 Å². The molecule has 1 unspecified atom stereocenters. The second kappa shape index (κ2) is 6.84. The van der Waals surface area contributed by atoms with E-state index in [9.17, 15) is 4.79 Å². The molecule has 1 aromatic carbocycles. The lowest BCUT2D eigenvalue weighted by molar-refractivity contribution is -0.125. The zero-order valence-electron chi connectivity index (χ0n) is 14.2. The van der Waals surface area contributed by atoms with Crippen LogP contribution in [0.3, 0.4) is 0 Å². The lowest BCUT2D eigenvalue weighted by atomic mass is 9.85. The summed E-state index contributed by atoms with van der Waals surface area (Å²) in [5.41, 5.74) is 5.41. The maximum atomic E-state index is 12.6. The van der Waals surface area contributed by atoms with Gasteiger partial charge in [0, 0.05) is 29.1 Å². The maximum Gasteiger partial charge on any atom is 0.223 e. The Morgan fingerprint density at radius 1 is 1.21 bits per heavy atom. The minimum Gasteiger partial charge on any atom is -0.358 e. The van der Waals surface area contributed by atoms with Gasteiger partial charge in [-0.2, -0.15) is 0 Å². The molecule has 1 amide bonds. The molecule has 2 N–H and O–H groups in total. The van der Waals surface area contributed by atoms with Crippen LogP contribution in [0.1, 0.15) is 49.8 Å². The lowest BCUT2D eigenvalue weighted by Crippen LogP contribution is -2.34. The van der Waals surface area contributed by atoms with Crippen molar-refractivity contribution in [3.8, 4) is 0 Å². The average molecular weight is 322 g/mol. The number of amides is 1. The third-order valence-corrected chi connectivity index (χ3v) is 5.60. The van der Waals surface area contributed by atoms with Gasteiger partial charge in [0.15, 0.2) is 0 Å². The molecule has 0 radical (unpaired) electrons. The summed E-state index contributed by atoms with van der Waals surface area (Å²) in [6, 6.07) is 8.44. The quantitative estimate of drug-likeness (QED) is 0.811. The minimum absolute atomic E-state index is 0.122. The van der Waals surface area contributed by atoms with Gasteiger partial charge >= 0.3 is 0 Å². The van der Waals surface area contributed by atoms with E-state index < -0.39 is 0 Å². The molecule has 1 atom stereocenters. The summed E-state index contributed by atoms with van der Waals surface area (Å²) in [5, 5.41) is 4.47. The molecule has 3 heteroatoms. The van der Waals surface area contributed by atoms with Gasteiger partial charge in [0.05, 0.1) is 0 Å². The van der Waals surface area contributed by atoms with Gasteiger partial charge in [0.25, 0.3) is 0 Å². The van der Waals surface area contributed by atoms with Crippen molar-refractivity contribution in [1.82, 2.24) is 10.3 Å². The molecule has 0 fully saturated rings. The van der Waals surface area contributed by atoms with Crippen molar-refractivity contribution < 1.29 is 4.79 Å². The molecule has 24 heavy (non-hydrogen) atoms. The number of para-hydroxylation sites is 1. The first kappa shape index (κ1) is 15.5. The predicted octanol–water partition coefficient (Wildman–Crippen LogP) is 4.28. The third-order valence-electron chi connectivity index (χ3n) is 5.60. The van der Waals surface area contributed by atoms with E-state index in [0.29, 0.717) is 0 Å².